The normalized spacial score (nSPS) is 21.8. The van der Waals surface area contributed by atoms with Crippen LogP contribution in [-0.4, -0.2) is 46.2 Å². The number of thiophene rings is 1. The van der Waals surface area contributed by atoms with Crippen molar-refractivity contribution in [3.63, 3.8) is 0 Å². The van der Waals surface area contributed by atoms with Crippen LogP contribution in [0.25, 0.3) is 10.2 Å². The molecule has 4 heterocycles. The largest absolute Gasteiger partial charge is 0.368 e. The summed E-state index contributed by atoms with van der Waals surface area (Å²) < 4.78 is 7.91. The van der Waals surface area contributed by atoms with E-state index in [2.05, 4.69) is 4.98 Å². The Bertz CT molecular complexity index is 776. The van der Waals surface area contributed by atoms with Crippen molar-refractivity contribution in [1.29, 1.82) is 0 Å². The first-order chi connectivity index (χ1) is 10.7. The number of ether oxygens (including phenoxy) is 1. The van der Waals surface area contributed by atoms with Crippen molar-refractivity contribution in [3.8, 4) is 0 Å². The fraction of sp³-hybridized carbons (Fsp3) is 0.533. The van der Waals surface area contributed by atoms with Crippen LogP contribution in [0.4, 0.5) is 0 Å². The lowest BCUT2D eigenvalue weighted by molar-refractivity contribution is -0.140. The highest BCUT2D eigenvalue weighted by Crippen LogP contribution is 2.19. The highest BCUT2D eigenvalue weighted by Gasteiger charge is 2.29. The van der Waals surface area contributed by atoms with Gasteiger partial charge in [-0.15, -0.1) is 11.3 Å². The van der Waals surface area contributed by atoms with Crippen molar-refractivity contribution < 1.29 is 9.53 Å². The fourth-order valence-electron chi connectivity index (χ4n) is 3.18. The van der Waals surface area contributed by atoms with Gasteiger partial charge >= 0.3 is 0 Å². The molecule has 0 saturated carbocycles. The first-order valence-corrected chi connectivity index (χ1v) is 8.49. The molecular formula is C15H17N3O3S. The van der Waals surface area contributed by atoms with Gasteiger partial charge in [-0.2, -0.15) is 0 Å². The average Bonchev–Trinajstić information content (AvgIpc) is 3.15. The van der Waals surface area contributed by atoms with Gasteiger partial charge in [-0.3, -0.25) is 14.2 Å². The Morgan fingerprint density at radius 1 is 1.36 bits per heavy atom. The monoisotopic (exact) mass is 319 g/mol. The second-order valence-corrected chi connectivity index (χ2v) is 6.61. The molecule has 0 aromatic carbocycles. The van der Waals surface area contributed by atoms with E-state index in [1.165, 1.54) is 11.3 Å². The Morgan fingerprint density at radius 3 is 3.09 bits per heavy atom. The summed E-state index contributed by atoms with van der Waals surface area (Å²) in [6, 6.07) is 1.88. The molecule has 116 valence electrons. The van der Waals surface area contributed by atoms with Crippen molar-refractivity contribution in [2.45, 2.75) is 31.9 Å². The zero-order valence-corrected chi connectivity index (χ0v) is 13.0. The summed E-state index contributed by atoms with van der Waals surface area (Å²) in [5.74, 6) is 0.832. The molecule has 6 nitrogen and oxygen atoms in total. The number of aromatic nitrogens is 2. The first-order valence-electron chi connectivity index (χ1n) is 7.61. The van der Waals surface area contributed by atoms with E-state index in [4.69, 9.17) is 4.74 Å². The Labute approximate surface area is 131 Å². The van der Waals surface area contributed by atoms with Gasteiger partial charge in [-0.25, -0.2) is 4.98 Å². The zero-order valence-electron chi connectivity index (χ0n) is 12.2. The Hall–Kier alpha value is -1.73. The number of amides is 1. The van der Waals surface area contributed by atoms with Crippen LogP contribution in [0.1, 0.15) is 18.7 Å². The lowest BCUT2D eigenvalue weighted by Crippen LogP contribution is -2.40. The van der Waals surface area contributed by atoms with E-state index in [1.54, 1.807) is 4.57 Å². The summed E-state index contributed by atoms with van der Waals surface area (Å²) in [5, 5.41) is 1.90. The van der Waals surface area contributed by atoms with E-state index in [9.17, 15) is 9.59 Å². The van der Waals surface area contributed by atoms with Crippen molar-refractivity contribution in [2.75, 3.05) is 19.7 Å². The molecule has 2 aliphatic rings. The molecule has 7 heteroatoms. The van der Waals surface area contributed by atoms with E-state index in [0.29, 0.717) is 37.4 Å². The van der Waals surface area contributed by atoms with Gasteiger partial charge in [0, 0.05) is 32.7 Å². The number of hydrogen-bond acceptors (Lipinski definition) is 5. The Balaban J connectivity index is 1.61. The molecule has 1 saturated heterocycles. The average molecular weight is 319 g/mol. The smallest absolute Gasteiger partial charge is 0.271 e. The number of carbonyl (C=O) groups is 1. The number of hydrogen-bond donors (Lipinski definition) is 0. The minimum atomic E-state index is -0.297. The first kappa shape index (κ1) is 13.9. The molecule has 1 amide bonds. The van der Waals surface area contributed by atoms with Crippen LogP contribution in [0, 0.1) is 0 Å². The van der Waals surface area contributed by atoms with Crippen LogP contribution >= 0.6 is 11.3 Å². The quantitative estimate of drug-likeness (QED) is 0.787. The second-order valence-electron chi connectivity index (χ2n) is 5.70. The summed E-state index contributed by atoms with van der Waals surface area (Å²) in [5.41, 5.74) is 0.779. The maximum absolute atomic E-state index is 12.5. The van der Waals surface area contributed by atoms with Gasteiger partial charge in [-0.05, 0) is 24.3 Å². The van der Waals surface area contributed by atoms with Crippen molar-refractivity contribution in [3.05, 3.63) is 27.6 Å². The highest BCUT2D eigenvalue weighted by molar-refractivity contribution is 7.17. The molecule has 2 aromatic rings. The molecule has 0 radical (unpaired) electrons. The van der Waals surface area contributed by atoms with Crippen LogP contribution in [0.15, 0.2) is 16.2 Å². The number of fused-ring (bicyclic) bond motifs is 2. The van der Waals surface area contributed by atoms with Crippen LogP contribution in [0.3, 0.4) is 0 Å². The van der Waals surface area contributed by atoms with Gasteiger partial charge in [0.2, 0.25) is 0 Å². The maximum Gasteiger partial charge on any atom is 0.271 e. The van der Waals surface area contributed by atoms with E-state index >= 15 is 0 Å². The topological polar surface area (TPSA) is 64.4 Å². The zero-order chi connectivity index (χ0) is 15.1. The third kappa shape index (κ3) is 2.24. The van der Waals surface area contributed by atoms with Gasteiger partial charge < -0.3 is 9.64 Å². The summed E-state index contributed by atoms with van der Waals surface area (Å²) in [6.07, 6.45) is 2.06. The number of carbonyl (C=O) groups excluding carboxylic acids is 1. The van der Waals surface area contributed by atoms with Gasteiger partial charge in [0.15, 0.2) is 0 Å². The SMILES string of the molecule is O=C([C@H]1CCCO1)N1CCc2nc3ccsc3c(=O)n2CC1. The summed E-state index contributed by atoms with van der Waals surface area (Å²) >= 11 is 1.42. The van der Waals surface area contributed by atoms with Crippen LogP contribution < -0.4 is 5.56 Å². The van der Waals surface area contributed by atoms with Crippen molar-refractivity contribution in [2.24, 2.45) is 0 Å². The molecule has 1 fully saturated rings. The van der Waals surface area contributed by atoms with E-state index in [0.717, 1.165) is 24.2 Å². The molecule has 0 spiro atoms. The molecule has 0 bridgehead atoms. The molecule has 0 aliphatic carbocycles. The van der Waals surface area contributed by atoms with Gasteiger partial charge in [0.25, 0.3) is 11.5 Å². The van der Waals surface area contributed by atoms with Gasteiger partial charge in [-0.1, -0.05) is 0 Å². The maximum atomic E-state index is 12.5. The van der Waals surface area contributed by atoms with E-state index in [-0.39, 0.29) is 17.6 Å². The second kappa shape index (κ2) is 5.48. The minimum Gasteiger partial charge on any atom is -0.368 e. The summed E-state index contributed by atoms with van der Waals surface area (Å²) in [4.78, 5) is 31.4. The predicted molar refractivity (Wildman–Crippen MR) is 83.1 cm³/mol. The molecule has 0 unspecified atom stereocenters. The third-order valence-electron chi connectivity index (χ3n) is 4.36. The van der Waals surface area contributed by atoms with Crippen LogP contribution in [0.2, 0.25) is 0 Å². The minimum absolute atomic E-state index is 0.0152. The molecule has 4 rings (SSSR count). The highest BCUT2D eigenvalue weighted by atomic mass is 32.1. The Morgan fingerprint density at radius 2 is 2.27 bits per heavy atom. The molecule has 2 aliphatic heterocycles. The third-order valence-corrected chi connectivity index (χ3v) is 5.25. The molecule has 2 aromatic heterocycles. The number of rotatable bonds is 1. The van der Waals surface area contributed by atoms with Gasteiger partial charge in [0.1, 0.15) is 16.6 Å². The molecule has 1 atom stereocenters. The lowest BCUT2D eigenvalue weighted by Gasteiger charge is -2.22. The fourth-order valence-corrected chi connectivity index (χ4v) is 3.95. The summed E-state index contributed by atoms with van der Waals surface area (Å²) in [6.45, 7) is 2.32. The lowest BCUT2D eigenvalue weighted by atomic mass is 10.2. The van der Waals surface area contributed by atoms with E-state index < -0.39 is 0 Å². The van der Waals surface area contributed by atoms with Crippen LogP contribution in [0.5, 0.6) is 0 Å². The predicted octanol–water partition coefficient (Wildman–Crippen LogP) is 1.02. The molecule has 0 N–H and O–H groups in total. The van der Waals surface area contributed by atoms with Gasteiger partial charge in [0.05, 0.1) is 5.52 Å². The van der Waals surface area contributed by atoms with Crippen molar-refractivity contribution >= 4 is 27.5 Å². The van der Waals surface area contributed by atoms with Crippen molar-refractivity contribution in [1.82, 2.24) is 14.5 Å². The van der Waals surface area contributed by atoms with Crippen LogP contribution in [-0.2, 0) is 22.5 Å². The molecule has 22 heavy (non-hydrogen) atoms. The van der Waals surface area contributed by atoms with E-state index in [1.807, 2.05) is 16.3 Å². The summed E-state index contributed by atoms with van der Waals surface area (Å²) in [7, 11) is 0. The Kier molecular flexibility index (Phi) is 3.46. The standard InChI is InChI=1S/C15H17N3O3S/c19-14(11-2-1-8-21-11)17-5-3-12-16-10-4-9-22-13(10)15(20)18(12)7-6-17/h4,9,11H,1-3,5-8H2/t11-/m1/s1. The molecular weight excluding hydrogens is 302 g/mol. The number of nitrogens with zero attached hydrogens (tertiary/aromatic N) is 3.